The summed E-state index contributed by atoms with van der Waals surface area (Å²) < 4.78 is 0. The number of hydrogen-bond donors (Lipinski definition) is 2. The van der Waals surface area contributed by atoms with Gasteiger partial charge in [0, 0.05) is 48.2 Å². The van der Waals surface area contributed by atoms with Crippen molar-refractivity contribution in [2.45, 2.75) is 52.3 Å². The van der Waals surface area contributed by atoms with Crippen LogP contribution in [0.4, 0.5) is 5.69 Å². The number of aromatic hydroxyl groups is 1. The van der Waals surface area contributed by atoms with E-state index in [1.54, 1.807) is 12.1 Å². The van der Waals surface area contributed by atoms with Crippen molar-refractivity contribution < 1.29 is 10.2 Å². The number of benzene rings is 2. The number of hydrogen-bond acceptors (Lipinski definition) is 4. The molecule has 1 aliphatic carbocycles. The lowest BCUT2D eigenvalue weighted by atomic mass is 9.39. The zero-order valence-electron chi connectivity index (χ0n) is 18.3. The number of phenolic OH excluding ortho intramolecular Hbond substituents is 1. The smallest absolute Gasteiger partial charge is 0.115 e. The zero-order valence-corrected chi connectivity index (χ0v) is 18.3. The van der Waals surface area contributed by atoms with Gasteiger partial charge >= 0.3 is 0 Å². The Hall–Kier alpha value is -2.04. The second-order valence-electron chi connectivity index (χ2n) is 9.98. The summed E-state index contributed by atoms with van der Waals surface area (Å²) in [5.74, 6) is 0.231. The van der Waals surface area contributed by atoms with E-state index in [9.17, 15) is 10.2 Å². The second kappa shape index (κ2) is 6.75. The monoisotopic (exact) mass is 394 g/mol. The fraction of sp³-hybridized carbons (Fsp3) is 0.520. The summed E-state index contributed by atoms with van der Waals surface area (Å²) in [4.78, 5) is 5.07. The van der Waals surface area contributed by atoms with Gasteiger partial charge in [0.1, 0.15) is 11.4 Å². The standard InChI is InChI=1S/C25H34N2O2/c1-18-17-26(15-16-27(18)20-9-7-6-8-10-20)22-23(2,3)25(29,24(22,4)5)19-11-13-21(28)14-12-19/h6-14,18,22,28-29H,15-17H2,1-5H3. The summed E-state index contributed by atoms with van der Waals surface area (Å²) in [7, 11) is 0. The second-order valence-corrected chi connectivity index (χ2v) is 9.98. The minimum absolute atomic E-state index is 0.231. The molecule has 1 saturated carbocycles. The van der Waals surface area contributed by atoms with Crippen molar-refractivity contribution in [3.8, 4) is 5.75 Å². The number of piperazine rings is 1. The first-order valence-corrected chi connectivity index (χ1v) is 10.7. The van der Waals surface area contributed by atoms with Crippen molar-refractivity contribution in [1.29, 1.82) is 0 Å². The van der Waals surface area contributed by atoms with Gasteiger partial charge in [-0.15, -0.1) is 0 Å². The number of para-hydroxylation sites is 1. The quantitative estimate of drug-likeness (QED) is 0.818. The van der Waals surface area contributed by atoms with Crippen LogP contribution in [0, 0.1) is 10.8 Å². The van der Waals surface area contributed by atoms with Gasteiger partial charge in [-0.1, -0.05) is 58.0 Å². The minimum Gasteiger partial charge on any atom is -0.508 e. The molecular weight excluding hydrogens is 360 g/mol. The van der Waals surface area contributed by atoms with Gasteiger partial charge in [0.15, 0.2) is 0 Å². The molecule has 1 atom stereocenters. The predicted molar refractivity (Wildman–Crippen MR) is 118 cm³/mol. The average Bonchev–Trinajstić information content (AvgIpc) is 2.68. The van der Waals surface area contributed by atoms with Gasteiger partial charge in [0.2, 0.25) is 0 Å². The van der Waals surface area contributed by atoms with Crippen molar-refractivity contribution in [2.75, 3.05) is 24.5 Å². The average molecular weight is 395 g/mol. The minimum atomic E-state index is -0.946. The molecule has 4 nitrogen and oxygen atoms in total. The maximum atomic E-state index is 11.9. The largest absolute Gasteiger partial charge is 0.508 e. The highest BCUT2D eigenvalue weighted by Crippen LogP contribution is 2.68. The first kappa shape index (κ1) is 20.2. The maximum Gasteiger partial charge on any atom is 0.115 e. The van der Waals surface area contributed by atoms with Crippen molar-refractivity contribution in [1.82, 2.24) is 4.90 Å². The van der Waals surface area contributed by atoms with Crippen molar-refractivity contribution >= 4 is 5.69 Å². The van der Waals surface area contributed by atoms with Crippen LogP contribution in [-0.4, -0.2) is 46.8 Å². The van der Waals surface area contributed by atoms with Crippen LogP contribution in [0.15, 0.2) is 54.6 Å². The molecule has 2 aromatic carbocycles. The van der Waals surface area contributed by atoms with E-state index >= 15 is 0 Å². The highest BCUT2D eigenvalue weighted by molar-refractivity contribution is 5.48. The van der Waals surface area contributed by atoms with Gasteiger partial charge in [-0.2, -0.15) is 0 Å². The van der Waals surface area contributed by atoms with Crippen molar-refractivity contribution in [3.05, 3.63) is 60.2 Å². The fourth-order valence-electron chi connectivity index (χ4n) is 6.63. The summed E-state index contributed by atoms with van der Waals surface area (Å²) in [5, 5.41) is 21.6. The third kappa shape index (κ3) is 2.80. The van der Waals surface area contributed by atoms with Gasteiger partial charge in [0.05, 0.1) is 0 Å². The van der Waals surface area contributed by atoms with Gasteiger partial charge < -0.3 is 15.1 Å². The number of rotatable bonds is 3. The predicted octanol–water partition coefficient (Wildman–Crippen LogP) is 4.23. The Morgan fingerprint density at radius 3 is 2.00 bits per heavy atom. The first-order chi connectivity index (χ1) is 13.6. The molecule has 2 aromatic rings. The fourth-order valence-corrected chi connectivity index (χ4v) is 6.63. The van der Waals surface area contributed by atoms with Gasteiger partial charge in [-0.05, 0) is 36.8 Å². The molecule has 29 heavy (non-hydrogen) atoms. The van der Waals surface area contributed by atoms with Gasteiger partial charge in [-0.3, -0.25) is 4.90 Å². The molecule has 0 spiro atoms. The summed E-state index contributed by atoms with van der Waals surface area (Å²) in [6, 6.07) is 18.4. The number of nitrogens with zero attached hydrogens (tertiary/aromatic N) is 2. The molecule has 156 valence electrons. The topological polar surface area (TPSA) is 46.9 Å². The molecule has 4 heteroatoms. The molecule has 0 amide bonds. The molecule has 2 fully saturated rings. The zero-order chi connectivity index (χ0) is 21.0. The van der Waals surface area contributed by atoms with E-state index in [-0.39, 0.29) is 22.6 Å². The van der Waals surface area contributed by atoms with E-state index in [4.69, 9.17) is 0 Å². The Labute approximate surface area is 174 Å². The van der Waals surface area contributed by atoms with Crippen LogP contribution in [0.25, 0.3) is 0 Å². The molecule has 4 rings (SSSR count). The molecule has 0 radical (unpaired) electrons. The molecule has 0 aromatic heterocycles. The van der Waals surface area contributed by atoms with Crippen LogP contribution in [-0.2, 0) is 5.60 Å². The molecule has 1 heterocycles. The Kier molecular flexibility index (Phi) is 4.71. The summed E-state index contributed by atoms with van der Waals surface area (Å²) in [5.41, 5.74) is 0.618. The van der Waals surface area contributed by atoms with E-state index in [0.717, 1.165) is 25.2 Å². The van der Waals surface area contributed by atoms with E-state index in [2.05, 4.69) is 74.8 Å². The molecular formula is C25H34N2O2. The molecule has 0 bridgehead atoms. The normalized spacial score (nSPS) is 31.3. The van der Waals surface area contributed by atoms with Crippen LogP contribution in [0.3, 0.4) is 0 Å². The van der Waals surface area contributed by atoms with E-state index in [1.165, 1.54) is 5.69 Å². The molecule has 2 aliphatic rings. The van der Waals surface area contributed by atoms with Crippen LogP contribution < -0.4 is 4.90 Å². The highest BCUT2D eigenvalue weighted by atomic mass is 16.3. The molecule has 1 aliphatic heterocycles. The van der Waals surface area contributed by atoms with Crippen LogP contribution in [0.5, 0.6) is 5.75 Å². The summed E-state index contributed by atoms with van der Waals surface area (Å²) >= 11 is 0. The SMILES string of the molecule is CC1CN(C2C(C)(C)C(O)(c3ccc(O)cc3)C2(C)C)CCN1c1ccccc1. The molecule has 1 unspecified atom stereocenters. The molecule has 1 saturated heterocycles. The Balaban J connectivity index is 1.58. The third-order valence-corrected chi connectivity index (χ3v) is 7.63. The number of phenols is 1. The molecule has 2 N–H and O–H groups in total. The van der Waals surface area contributed by atoms with Gasteiger partial charge in [-0.25, -0.2) is 0 Å². The third-order valence-electron chi connectivity index (χ3n) is 7.63. The Morgan fingerprint density at radius 1 is 0.862 bits per heavy atom. The van der Waals surface area contributed by atoms with Crippen molar-refractivity contribution in [3.63, 3.8) is 0 Å². The van der Waals surface area contributed by atoms with E-state index in [0.29, 0.717) is 6.04 Å². The van der Waals surface area contributed by atoms with Crippen LogP contribution >= 0.6 is 0 Å². The Bertz CT molecular complexity index is 844. The summed E-state index contributed by atoms with van der Waals surface area (Å²) in [6.07, 6.45) is 0. The van der Waals surface area contributed by atoms with Crippen LogP contribution in [0.2, 0.25) is 0 Å². The number of anilines is 1. The Morgan fingerprint density at radius 2 is 1.45 bits per heavy atom. The maximum absolute atomic E-state index is 11.9. The lowest BCUT2D eigenvalue weighted by molar-refractivity contribution is -0.308. The lowest BCUT2D eigenvalue weighted by Gasteiger charge is -2.73. The summed E-state index contributed by atoms with van der Waals surface area (Å²) in [6.45, 7) is 14.0. The van der Waals surface area contributed by atoms with E-state index in [1.807, 2.05) is 12.1 Å². The first-order valence-electron chi connectivity index (χ1n) is 10.7. The highest BCUT2D eigenvalue weighted by Gasteiger charge is 2.73. The van der Waals surface area contributed by atoms with Crippen molar-refractivity contribution in [2.24, 2.45) is 10.8 Å². The van der Waals surface area contributed by atoms with E-state index < -0.39 is 5.60 Å². The van der Waals surface area contributed by atoms with Gasteiger partial charge in [0.25, 0.3) is 0 Å². The van der Waals surface area contributed by atoms with Crippen LogP contribution in [0.1, 0.15) is 40.2 Å². The number of aliphatic hydroxyl groups is 1. The lowest BCUT2D eigenvalue weighted by Crippen LogP contribution is -2.80.